The lowest BCUT2D eigenvalue weighted by molar-refractivity contribution is -0.183. The first-order valence-corrected chi connectivity index (χ1v) is 9.96. The van der Waals surface area contributed by atoms with Crippen LogP contribution < -0.4 is 10.6 Å². The van der Waals surface area contributed by atoms with E-state index in [4.69, 9.17) is 9.73 Å². The second-order valence-electron chi connectivity index (χ2n) is 8.67. The van der Waals surface area contributed by atoms with Gasteiger partial charge in [-0.3, -0.25) is 4.99 Å². The molecule has 0 aromatic rings. The highest BCUT2D eigenvalue weighted by molar-refractivity contribution is 14.0. The van der Waals surface area contributed by atoms with Crippen molar-refractivity contribution in [3.63, 3.8) is 0 Å². The van der Waals surface area contributed by atoms with Crippen LogP contribution >= 0.6 is 24.0 Å². The van der Waals surface area contributed by atoms with Gasteiger partial charge in [0.2, 0.25) is 0 Å². The summed E-state index contributed by atoms with van der Waals surface area (Å²) < 4.78 is 44.2. The maximum absolute atomic E-state index is 12.8. The number of rotatable bonds is 4. The van der Waals surface area contributed by atoms with E-state index in [-0.39, 0.29) is 48.2 Å². The van der Waals surface area contributed by atoms with E-state index in [1.54, 1.807) is 0 Å². The molecule has 3 atom stereocenters. The van der Waals surface area contributed by atoms with Crippen LogP contribution in [-0.2, 0) is 4.74 Å². The first-order chi connectivity index (χ1) is 12.2. The topological polar surface area (TPSA) is 45.7 Å². The van der Waals surface area contributed by atoms with Gasteiger partial charge in [0.1, 0.15) is 0 Å². The molecule has 2 N–H and O–H groups in total. The molecule has 1 aliphatic heterocycles. The van der Waals surface area contributed by atoms with E-state index >= 15 is 0 Å². The number of hydrogen-bond acceptors (Lipinski definition) is 2. The third kappa shape index (κ3) is 5.03. The van der Waals surface area contributed by atoms with E-state index in [1.165, 1.54) is 0 Å². The van der Waals surface area contributed by atoms with Gasteiger partial charge in [-0.1, -0.05) is 13.8 Å². The lowest BCUT2D eigenvalue weighted by Crippen LogP contribution is -2.68. The zero-order valence-electron chi connectivity index (χ0n) is 16.4. The summed E-state index contributed by atoms with van der Waals surface area (Å²) in [5, 5.41) is 6.86. The second kappa shape index (κ2) is 9.05. The van der Waals surface area contributed by atoms with Crippen LogP contribution in [0.1, 0.15) is 52.9 Å². The Bertz CT molecular complexity index is 519. The van der Waals surface area contributed by atoms with Crippen LogP contribution in [0.15, 0.2) is 4.99 Å². The second-order valence-corrected chi connectivity index (χ2v) is 8.67. The molecular formula is C19H33F3IN3O. The minimum absolute atomic E-state index is 0. The summed E-state index contributed by atoms with van der Waals surface area (Å²) in [7, 11) is 0. The van der Waals surface area contributed by atoms with E-state index in [2.05, 4.69) is 24.5 Å². The minimum Gasteiger partial charge on any atom is -0.377 e. The fourth-order valence-electron chi connectivity index (χ4n) is 4.98. The molecule has 8 heteroatoms. The summed E-state index contributed by atoms with van der Waals surface area (Å²) in [6.07, 6.45) is -0.941. The third-order valence-electron chi connectivity index (χ3n) is 6.55. The number of ether oxygens (including phenoxy) is 1. The summed E-state index contributed by atoms with van der Waals surface area (Å²) in [6.45, 7) is 8.66. The fourth-order valence-corrected chi connectivity index (χ4v) is 4.98. The first-order valence-electron chi connectivity index (χ1n) is 9.96. The van der Waals surface area contributed by atoms with Gasteiger partial charge >= 0.3 is 6.18 Å². The van der Waals surface area contributed by atoms with Gasteiger partial charge in [-0.15, -0.1) is 24.0 Å². The monoisotopic (exact) mass is 503 g/mol. The Kier molecular flexibility index (Phi) is 7.72. The Balaban J connectivity index is 0.00000261. The van der Waals surface area contributed by atoms with Crippen LogP contribution in [0.3, 0.4) is 0 Å². The molecule has 0 amide bonds. The maximum Gasteiger partial charge on any atom is 0.391 e. The predicted octanol–water partition coefficient (Wildman–Crippen LogP) is 4.34. The van der Waals surface area contributed by atoms with Crippen molar-refractivity contribution in [3.8, 4) is 0 Å². The molecule has 0 radical (unpaired) electrons. The molecule has 3 fully saturated rings. The summed E-state index contributed by atoms with van der Waals surface area (Å²) in [4.78, 5) is 4.70. The highest BCUT2D eigenvalue weighted by Crippen LogP contribution is 2.52. The summed E-state index contributed by atoms with van der Waals surface area (Å²) >= 11 is 0. The van der Waals surface area contributed by atoms with Gasteiger partial charge in [0.05, 0.1) is 12.0 Å². The van der Waals surface area contributed by atoms with Crippen molar-refractivity contribution in [1.82, 2.24) is 10.6 Å². The van der Waals surface area contributed by atoms with Crippen molar-refractivity contribution >= 4 is 29.9 Å². The van der Waals surface area contributed by atoms with Gasteiger partial charge in [-0.2, -0.15) is 13.2 Å². The maximum atomic E-state index is 12.8. The van der Waals surface area contributed by atoms with Crippen LogP contribution in [0.4, 0.5) is 13.2 Å². The van der Waals surface area contributed by atoms with Crippen LogP contribution in [0.2, 0.25) is 0 Å². The number of nitrogens with zero attached hydrogens (tertiary/aromatic N) is 1. The molecule has 0 aromatic carbocycles. The third-order valence-corrected chi connectivity index (χ3v) is 6.55. The van der Waals surface area contributed by atoms with Gasteiger partial charge in [0.25, 0.3) is 0 Å². The van der Waals surface area contributed by atoms with Crippen molar-refractivity contribution in [2.45, 2.75) is 71.2 Å². The average molecular weight is 503 g/mol. The van der Waals surface area contributed by atoms with Gasteiger partial charge in [-0.25, -0.2) is 0 Å². The van der Waals surface area contributed by atoms with Crippen LogP contribution in [-0.4, -0.2) is 44.0 Å². The van der Waals surface area contributed by atoms with E-state index in [9.17, 15) is 13.2 Å². The molecule has 0 spiro atoms. The molecule has 1 saturated heterocycles. The van der Waals surface area contributed by atoms with Crippen LogP contribution in [0, 0.1) is 23.2 Å². The van der Waals surface area contributed by atoms with Gasteiger partial charge < -0.3 is 15.4 Å². The molecule has 3 rings (SSSR count). The van der Waals surface area contributed by atoms with Crippen molar-refractivity contribution in [2.75, 3.05) is 19.7 Å². The number of fused-ring (bicyclic) bond motifs is 1. The minimum atomic E-state index is -4.04. The molecule has 4 nitrogen and oxygen atoms in total. The Hall–Kier alpha value is -0.250. The zero-order valence-corrected chi connectivity index (χ0v) is 18.8. The van der Waals surface area contributed by atoms with Gasteiger partial charge in [0.15, 0.2) is 5.96 Å². The summed E-state index contributed by atoms with van der Waals surface area (Å²) in [6, 6.07) is 0.328. The molecule has 2 saturated carbocycles. The standard InChI is InChI=1S/C19H32F3N3O.HI/c1-4-23-17(25-15-14-9-10-26-16(14)18(15,2)3)24-11-12-5-7-13(8-6-12)19(20,21)22;/h12-16H,4-11H2,1-3H3,(H2,23,24,25);1H. The largest absolute Gasteiger partial charge is 0.391 e. The number of alkyl halides is 3. The lowest BCUT2D eigenvalue weighted by atomic mass is 9.57. The van der Waals surface area contributed by atoms with Gasteiger partial charge in [-0.05, 0) is 44.9 Å². The van der Waals surface area contributed by atoms with Crippen LogP contribution in [0.5, 0.6) is 0 Å². The quantitative estimate of drug-likeness (QED) is 0.341. The number of halogens is 4. The molecule has 27 heavy (non-hydrogen) atoms. The normalized spacial score (nSPS) is 35.6. The first kappa shape index (κ1) is 23.0. The molecule has 2 aliphatic carbocycles. The molecule has 0 aromatic heterocycles. The number of nitrogens with one attached hydrogen (secondary N) is 2. The summed E-state index contributed by atoms with van der Waals surface area (Å²) in [5.74, 6) is 0.440. The molecule has 3 unspecified atom stereocenters. The Morgan fingerprint density at radius 1 is 1.15 bits per heavy atom. The smallest absolute Gasteiger partial charge is 0.377 e. The predicted molar refractivity (Wildman–Crippen MR) is 111 cm³/mol. The van der Waals surface area contributed by atoms with E-state index in [0.29, 0.717) is 37.5 Å². The molecule has 0 bridgehead atoms. The van der Waals surface area contributed by atoms with Crippen molar-refractivity contribution in [3.05, 3.63) is 0 Å². The van der Waals surface area contributed by atoms with E-state index in [1.807, 2.05) is 6.92 Å². The van der Waals surface area contributed by atoms with Gasteiger partial charge in [0, 0.05) is 37.1 Å². The molecule has 1 heterocycles. The molecule has 3 aliphatic rings. The Morgan fingerprint density at radius 3 is 2.41 bits per heavy atom. The number of aliphatic imine (C=N–C) groups is 1. The van der Waals surface area contributed by atoms with Crippen molar-refractivity contribution < 1.29 is 17.9 Å². The lowest BCUT2D eigenvalue weighted by Gasteiger charge is -2.55. The number of hydrogen-bond donors (Lipinski definition) is 2. The van der Waals surface area contributed by atoms with E-state index < -0.39 is 12.1 Å². The molecular weight excluding hydrogens is 470 g/mol. The SMILES string of the molecule is CCNC(=NCC1CCC(C(F)(F)F)CC1)NC1C2CCOC2C1(C)C.I. The Morgan fingerprint density at radius 2 is 1.81 bits per heavy atom. The zero-order chi connectivity index (χ0) is 18.9. The number of guanidine groups is 1. The van der Waals surface area contributed by atoms with Crippen molar-refractivity contribution in [2.24, 2.45) is 28.2 Å². The summed E-state index contributed by atoms with van der Waals surface area (Å²) in [5.41, 5.74) is 0.0716. The fraction of sp³-hybridized carbons (Fsp3) is 0.947. The van der Waals surface area contributed by atoms with Crippen LogP contribution in [0.25, 0.3) is 0 Å². The van der Waals surface area contributed by atoms with Crippen molar-refractivity contribution in [1.29, 1.82) is 0 Å². The molecule has 158 valence electrons. The highest BCUT2D eigenvalue weighted by Gasteiger charge is 2.59. The van der Waals surface area contributed by atoms with E-state index in [0.717, 1.165) is 25.5 Å². The average Bonchev–Trinajstić information content (AvgIpc) is 3.04. The Labute approximate surface area is 177 Å². The highest BCUT2D eigenvalue weighted by atomic mass is 127.